The minimum absolute atomic E-state index is 0.386. The summed E-state index contributed by atoms with van der Waals surface area (Å²) in [5, 5.41) is 7.86. The average Bonchev–Trinajstić information content (AvgIpc) is 3.12. The number of carbonyl (C=O) groups is 1. The lowest BCUT2D eigenvalue weighted by molar-refractivity contribution is -0.142. The van der Waals surface area contributed by atoms with Gasteiger partial charge in [0.25, 0.3) is 0 Å². The lowest BCUT2D eigenvalue weighted by Gasteiger charge is -2.07. The van der Waals surface area contributed by atoms with Crippen LogP contribution in [0.5, 0.6) is 0 Å². The van der Waals surface area contributed by atoms with Crippen molar-refractivity contribution < 1.29 is 14.1 Å². The number of ether oxygens (including phenoxy) is 1. The molecule has 1 atom stereocenters. The van der Waals surface area contributed by atoms with Crippen LogP contribution < -0.4 is 5.73 Å². The first-order valence-corrected chi connectivity index (χ1v) is 8.06. The molecule has 1 unspecified atom stereocenters. The molecule has 0 saturated heterocycles. The Morgan fingerprint density at radius 3 is 3.20 bits per heavy atom. The monoisotopic (exact) mass is 313 g/mol. The van der Waals surface area contributed by atoms with Gasteiger partial charge in [-0.2, -0.15) is 28.1 Å². The van der Waals surface area contributed by atoms with Crippen molar-refractivity contribution in [3.05, 3.63) is 22.7 Å². The number of carbonyl (C=O) groups excluding carboxylic acids is 1. The number of thiophene rings is 1. The lowest BCUT2D eigenvalue weighted by Crippen LogP contribution is -2.31. The van der Waals surface area contributed by atoms with Gasteiger partial charge in [0.15, 0.2) is 0 Å². The molecule has 0 spiro atoms. The molecule has 0 amide bonds. The van der Waals surface area contributed by atoms with Crippen molar-refractivity contribution in [2.24, 2.45) is 5.73 Å². The van der Waals surface area contributed by atoms with E-state index < -0.39 is 6.04 Å². The molecular formula is C12H15N3O3S2. The fourth-order valence-electron chi connectivity index (χ4n) is 1.46. The highest BCUT2D eigenvalue weighted by atomic mass is 32.2. The summed E-state index contributed by atoms with van der Waals surface area (Å²) in [6.45, 7) is 0. The Morgan fingerprint density at radius 2 is 2.50 bits per heavy atom. The molecule has 6 nitrogen and oxygen atoms in total. The van der Waals surface area contributed by atoms with Crippen LogP contribution in [0.4, 0.5) is 0 Å². The largest absolute Gasteiger partial charge is 0.468 e. The predicted molar refractivity (Wildman–Crippen MR) is 78.4 cm³/mol. The van der Waals surface area contributed by atoms with Gasteiger partial charge in [-0.15, -0.1) is 0 Å². The second-order valence-corrected chi connectivity index (χ2v) is 5.88. The lowest BCUT2D eigenvalue weighted by atomic mass is 10.2. The fraction of sp³-hybridized carbons (Fsp3) is 0.417. The number of nitrogens with two attached hydrogens (primary N) is 1. The standard InChI is InChI=1S/C12H15N3O3S2/c1-17-12(16)9(13)3-5-20-7-10-14-11(15-18-10)8-2-4-19-6-8/h2,4,6,9H,3,5,7,13H2,1H3. The van der Waals surface area contributed by atoms with E-state index in [4.69, 9.17) is 10.3 Å². The molecule has 2 rings (SSSR count). The summed E-state index contributed by atoms with van der Waals surface area (Å²) in [4.78, 5) is 15.4. The molecule has 0 aliphatic heterocycles. The Kier molecular flexibility index (Phi) is 5.57. The Morgan fingerprint density at radius 1 is 1.65 bits per heavy atom. The van der Waals surface area contributed by atoms with E-state index in [0.29, 0.717) is 23.9 Å². The highest BCUT2D eigenvalue weighted by Crippen LogP contribution is 2.20. The molecule has 2 aromatic rings. The van der Waals surface area contributed by atoms with E-state index in [-0.39, 0.29) is 5.97 Å². The van der Waals surface area contributed by atoms with Crippen LogP contribution in [0.15, 0.2) is 21.3 Å². The van der Waals surface area contributed by atoms with Crippen molar-refractivity contribution in [3.8, 4) is 11.4 Å². The van der Waals surface area contributed by atoms with E-state index in [0.717, 1.165) is 11.3 Å². The summed E-state index contributed by atoms with van der Waals surface area (Å²) >= 11 is 3.18. The number of aromatic nitrogens is 2. The Labute approximate surface area is 124 Å². The zero-order valence-corrected chi connectivity index (χ0v) is 12.6. The molecule has 2 N–H and O–H groups in total. The van der Waals surface area contributed by atoms with E-state index in [1.54, 1.807) is 23.1 Å². The minimum atomic E-state index is -0.573. The first kappa shape index (κ1) is 15.0. The van der Waals surface area contributed by atoms with E-state index in [1.165, 1.54) is 7.11 Å². The number of nitrogens with zero attached hydrogens (tertiary/aromatic N) is 2. The quantitative estimate of drug-likeness (QED) is 0.616. The molecular weight excluding hydrogens is 298 g/mol. The molecule has 0 bridgehead atoms. The predicted octanol–water partition coefficient (Wildman–Crippen LogP) is 1.92. The molecule has 108 valence electrons. The smallest absolute Gasteiger partial charge is 0.322 e. The minimum Gasteiger partial charge on any atom is -0.468 e. The highest BCUT2D eigenvalue weighted by Gasteiger charge is 2.13. The third-order valence-electron chi connectivity index (χ3n) is 2.55. The zero-order valence-electron chi connectivity index (χ0n) is 10.9. The van der Waals surface area contributed by atoms with Gasteiger partial charge in [-0.25, -0.2) is 0 Å². The topological polar surface area (TPSA) is 91.2 Å². The molecule has 20 heavy (non-hydrogen) atoms. The number of thioether (sulfide) groups is 1. The normalized spacial score (nSPS) is 12.3. The van der Waals surface area contributed by atoms with Gasteiger partial charge in [-0.3, -0.25) is 4.79 Å². The van der Waals surface area contributed by atoms with Crippen LogP contribution in [-0.4, -0.2) is 35.0 Å². The van der Waals surface area contributed by atoms with E-state index in [2.05, 4.69) is 14.9 Å². The van der Waals surface area contributed by atoms with Crippen molar-refractivity contribution in [2.75, 3.05) is 12.9 Å². The summed E-state index contributed by atoms with van der Waals surface area (Å²) in [5.41, 5.74) is 6.60. The third-order valence-corrected chi connectivity index (χ3v) is 4.21. The van der Waals surface area contributed by atoms with Crippen LogP contribution in [0.1, 0.15) is 12.3 Å². The van der Waals surface area contributed by atoms with Gasteiger partial charge in [0, 0.05) is 10.9 Å². The molecule has 0 fully saturated rings. The number of hydrogen-bond acceptors (Lipinski definition) is 8. The van der Waals surface area contributed by atoms with Gasteiger partial charge in [0.05, 0.1) is 12.9 Å². The summed E-state index contributed by atoms with van der Waals surface area (Å²) in [6.07, 6.45) is 0.558. The number of esters is 1. The van der Waals surface area contributed by atoms with Crippen molar-refractivity contribution in [2.45, 2.75) is 18.2 Å². The van der Waals surface area contributed by atoms with E-state index in [9.17, 15) is 4.79 Å². The Bertz CT molecular complexity index is 542. The first-order valence-electron chi connectivity index (χ1n) is 5.97. The van der Waals surface area contributed by atoms with E-state index >= 15 is 0 Å². The maximum Gasteiger partial charge on any atom is 0.322 e. The summed E-state index contributed by atoms with van der Waals surface area (Å²) in [5.74, 6) is 2.12. The SMILES string of the molecule is COC(=O)C(N)CCSCc1nc(-c2ccsc2)no1. The van der Waals surface area contributed by atoms with Crippen LogP contribution in [0.25, 0.3) is 11.4 Å². The van der Waals surface area contributed by atoms with Gasteiger partial charge >= 0.3 is 5.97 Å². The summed E-state index contributed by atoms with van der Waals surface area (Å²) < 4.78 is 9.72. The van der Waals surface area contributed by atoms with Crippen LogP contribution in [-0.2, 0) is 15.3 Å². The molecule has 0 radical (unpaired) electrons. The molecule has 0 aliphatic rings. The van der Waals surface area contributed by atoms with Gasteiger partial charge < -0.3 is 15.0 Å². The van der Waals surface area contributed by atoms with E-state index in [1.807, 2.05) is 16.8 Å². The van der Waals surface area contributed by atoms with Crippen molar-refractivity contribution in [1.82, 2.24) is 10.1 Å². The Hall–Kier alpha value is -1.38. The van der Waals surface area contributed by atoms with Gasteiger partial charge in [0.2, 0.25) is 11.7 Å². The molecule has 0 aliphatic carbocycles. The average molecular weight is 313 g/mol. The van der Waals surface area contributed by atoms with Gasteiger partial charge in [-0.1, -0.05) is 5.16 Å². The maximum atomic E-state index is 11.1. The zero-order chi connectivity index (χ0) is 14.4. The molecule has 8 heteroatoms. The van der Waals surface area contributed by atoms with Crippen LogP contribution in [0.3, 0.4) is 0 Å². The second-order valence-electron chi connectivity index (χ2n) is 3.99. The number of hydrogen-bond donors (Lipinski definition) is 1. The van der Waals surface area contributed by atoms with Gasteiger partial charge in [-0.05, 0) is 23.6 Å². The van der Waals surface area contributed by atoms with Crippen molar-refractivity contribution >= 4 is 29.1 Å². The van der Waals surface area contributed by atoms with Crippen LogP contribution >= 0.6 is 23.1 Å². The molecule has 0 aromatic carbocycles. The highest BCUT2D eigenvalue weighted by molar-refractivity contribution is 7.98. The Balaban J connectivity index is 1.74. The van der Waals surface area contributed by atoms with Crippen LogP contribution in [0, 0.1) is 0 Å². The fourth-order valence-corrected chi connectivity index (χ4v) is 2.95. The molecule has 2 aromatic heterocycles. The second kappa shape index (κ2) is 7.41. The van der Waals surface area contributed by atoms with Crippen LogP contribution in [0.2, 0.25) is 0 Å². The molecule has 0 saturated carbocycles. The van der Waals surface area contributed by atoms with Crippen molar-refractivity contribution in [3.63, 3.8) is 0 Å². The third kappa shape index (κ3) is 4.06. The molecule has 2 heterocycles. The number of methoxy groups -OCH3 is 1. The maximum absolute atomic E-state index is 11.1. The van der Waals surface area contributed by atoms with Gasteiger partial charge in [0.1, 0.15) is 6.04 Å². The first-order chi connectivity index (χ1) is 9.70. The van der Waals surface area contributed by atoms with Crippen molar-refractivity contribution in [1.29, 1.82) is 0 Å². The number of rotatable bonds is 7. The summed E-state index contributed by atoms with van der Waals surface area (Å²) in [6, 6.07) is 1.37. The summed E-state index contributed by atoms with van der Waals surface area (Å²) in [7, 11) is 1.33.